The van der Waals surface area contributed by atoms with Gasteiger partial charge in [0.2, 0.25) is 0 Å². The van der Waals surface area contributed by atoms with Crippen molar-refractivity contribution in [3.8, 4) is 5.75 Å². The van der Waals surface area contributed by atoms with Crippen LogP contribution in [-0.4, -0.2) is 36.6 Å². The summed E-state index contributed by atoms with van der Waals surface area (Å²) in [7, 11) is 1.69. The summed E-state index contributed by atoms with van der Waals surface area (Å²) >= 11 is 5.85. The van der Waals surface area contributed by atoms with Gasteiger partial charge in [-0.25, -0.2) is 8.78 Å². The van der Waals surface area contributed by atoms with E-state index in [1.54, 1.807) is 7.11 Å². The number of rotatable bonds is 3. The van der Waals surface area contributed by atoms with Crippen molar-refractivity contribution in [2.45, 2.75) is 31.3 Å². The van der Waals surface area contributed by atoms with E-state index in [9.17, 15) is 8.78 Å². The Morgan fingerprint density at radius 1 is 1.17 bits per heavy atom. The molecule has 0 atom stereocenters. The molecule has 0 bridgehead atoms. The number of nitrogens with zero attached hydrogens (tertiary/aromatic N) is 1. The molecule has 7 heteroatoms. The molecule has 1 saturated heterocycles. The van der Waals surface area contributed by atoms with Crippen LogP contribution in [0.3, 0.4) is 0 Å². The lowest BCUT2D eigenvalue weighted by molar-refractivity contribution is 0.119. The zero-order valence-corrected chi connectivity index (χ0v) is 17.6. The first-order valence-corrected chi connectivity index (χ1v) is 10.7. The summed E-state index contributed by atoms with van der Waals surface area (Å²) in [6, 6.07) is 8.64. The predicted octanol–water partition coefficient (Wildman–Crippen LogP) is 4.75. The van der Waals surface area contributed by atoms with Crippen molar-refractivity contribution in [3.05, 3.63) is 63.8 Å². The molecular weight excluding hydrogens is 408 g/mol. The summed E-state index contributed by atoms with van der Waals surface area (Å²) in [5.41, 5.74) is 3.63. The number of piperidine rings is 1. The number of hydrogen-bond acceptors (Lipinski definition) is 3. The third kappa shape index (κ3) is 3.18. The van der Waals surface area contributed by atoms with E-state index in [-0.39, 0.29) is 22.7 Å². The van der Waals surface area contributed by atoms with Crippen LogP contribution in [0.25, 0.3) is 10.9 Å². The van der Waals surface area contributed by atoms with Crippen LogP contribution in [0, 0.1) is 11.6 Å². The number of hydrogen-bond donors (Lipinski definition) is 2. The molecule has 2 aliphatic rings. The lowest BCUT2D eigenvalue weighted by Crippen LogP contribution is -2.54. The van der Waals surface area contributed by atoms with Gasteiger partial charge in [-0.1, -0.05) is 11.6 Å². The number of methoxy groups -OCH3 is 1. The Morgan fingerprint density at radius 3 is 2.73 bits per heavy atom. The molecule has 158 valence electrons. The van der Waals surface area contributed by atoms with Crippen molar-refractivity contribution < 1.29 is 13.5 Å². The number of H-pyrrole nitrogens is 1. The maximum Gasteiger partial charge on any atom is 0.149 e. The van der Waals surface area contributed by atoms with Gasteiger partial charge >= 0.3 is 0 Å². The maximum atomic E-state index is 14.3. The topological polar surface area (TPSA) is 40.3 Å². The first-order valence-electron chi connectivity index (χ1n) is 10.3. The average Bonchev–Trinajstić information content (AvgIpc) is 3.15. The number of aromatic nitrogens is 1. The van der Waals surface area contributed by atoms with Crippen LogP contribution in [-0.2, 0) is 18.5 Å². The molecule has 5 rings (SSSR count). The van der Waals surface area contributed by atoms with Gasteiger partial charge in [0.1, 0.15) is 17.4 Å². The quantitative estimate of drug-likeness (QED) is 0.588. The second-order valence-corrected chi connectivity index (χ2v) is 8.65. The maximum absolute atomic E-state index is 14.3. The van der Waals surface area contributed by atoms with E-state index in [2.05, 4.69) is 27.3 Å². The minimum Gasteiger partial charge on any atom is -0.497 e. The van der Waals surface area contributed by atoms with Crippen LogP contribution in [0.1, 0.15) is 29.7 Å². The zero-order chi connectivity index (χ0) is 20.9. The smallest absolute Gasteiger partial charge is 0.149 e. The molecule has 0 saturated carbocycles. The van der Waals surface area contributed by atoms with E-state index in [1.165, 1.54) is 28.8 Å². The van der Waals surface area contributed by atoms with Gasteiger partial charge in [-0.3, -0.25) is 4.90 Å². The summed E-state index contributed by atoms with van der Waals surface area (Å²) in [5.74, 6) is -0.336. The standard InChI is InChI=1S/C23H24ClF2N3O/c1-30-14-2-5-20-16(12-14)15-6-9-27-23(22(15)28-20)7-10-29(11-8-23)13-17-19(25)4-3-18(24)21(17)26/h2-5,12,27-28H,6-11,13H2,1H3. The third-order valence-electron chi connectivity index (χ3n) is 6.66. The van der Waals surface area contributed by atoms with Crippen molar-refractivity contribution in [3.63, 3.8) is 0 Å². The Kier molecular flexibility index (Phi) is 4.96. The van der Waals surface area contributed by atoms with Crippen LogP contribution < -0.4 is 10.1 Å². The fourth-order valence-corrected chi connectivity index (χ4v) is 5.17. The molecule has 1 spiro atoms. The number of halogens is 3. The van der Waals surface area contributed by atoms with Crippen molar-refractivity contribution >= 4 is 22.5 Å². The highest BCUT2D eigenvalue weighted by molar-refractivity contribution is 6.30. The van der Waals surface area contributed by atoms with E-state index >= 15 is 0 Å². The minimum absolute atomic E-state index is 0.0352. The van der Waals surface area contributed by atoms with Crippen molar-refractivity contribution in [2.75, 3.05) is 26.7 Å². The largest absolute Gasteiger partial charge is 0.497 e. The highest BCUT2D eigenvalue weighted by Crippen LogP contribution is 2.41. The molecule has 2 aromatic carbocycles. The summed E-state index contributed by atoms with van der Waals surface area (Å²) in [6.07, 6.45) is 2.70. The van der Waals surface area contributed by atoms with Crippen molar-refractivity contribution in [2.24, 2.45) is 0 Å². The van der Waals surface area contributed by atoms with Crippen LogP contribution >= 0.6 is 11.6 Å². The van der Waals surface area contributed by atoms with E-state index in [1.807, 2.05) is 6.07 Å². The lowest BCUT2D eigenvalue weighted by Gasteiger charge is -2.45. The number of nitrogens with one attached hydrogen (secondary N) is 2. The normalized spacial score (nSPS) is 18.7. The monoisotopic (exact) mass is 431 g/mol. The summed E-state index contributed by atoms with van der Waals surface area (Å²) in [5, 5.41) is 4.92. The summed E-state index contributed by atoms with van der Waals surface area (Å²) in [4.78, 5) is 5.75. The minimum atomic E-state index is -0.653. The van der Waals surface area contributed by atoms with E-state index < -0.39 is 11.6 Å². The average molecular weight is 432 g/mol. The molecule has 4 nitrogen and oxygen atoms in total. The predicted molar refractivity (Wildman–Crippen MR) is 114 cm³/mol. The summed E-state index contributed by atoms with van der Waals surface area (Å²) < 4.78 is 33.9. The Bertz CT molecular complexity index is 1110. The van der Waals surface area contributed by atoms with Gasteiger partial charge in [0.05, 0.1) is 17.7 Å². The number of benzene rings is 2. The van der Waals surface area contributed by atoms with E-state index in [0.29, 0.717) is 0 Å². The van der Waals surface area contributed by atoms with E-state index in [4.69, 9.17) is 16.3 Å². The first-order chi connectivity index (χ1) is 14.5. The molecule has 0 aliphatic carbocycles. The Labute approximate surface area is 179 Å². The first kappa shape index (κ1) is 19.8. The van der Waals surface area contributed by atoms with Gasteiger partial charge in [0.15, 0.2) is 0 Å². The van der Waals surface area contributed by atoms with Gasteiger partial charge in [-0.15, -0.1) is 0 Å². The highest BCUT2D eigenvalue weighted by atomic mass is 35.5. The van der Waals surface area contributed by atoms with Gasteiger partial charge in [0.25, 0.3) is 0 Å². The molecule has 0 radical (unpaired) electrons. The van der Waals surface area contributed by atoms with Crippen LogP contribution in [0.2, 0.25) is 5.02 Å². The second kappa shape index (κ2) is 7.52. The fourth-order valence-electron chi connectivity index (χ4n) is 4.99. The molecule has 3 heterocycles. The molecule has 3 aromatic rings. The molecule has 2 N–H and O–H groups in total. The van der Waals surface area contributed by atoms with E-state index in [0.717, 1.165) is 50.2 Å². The second-order valence-electron chi connectivity index (χ2n) is 8.25. The van der Waals surface area contributed by atoms with Crippen molar-refractivity contribution in [1.29, 1.82) is 0 Å². The Hall–Kier alpha value is -2.15. The fraction of sp³-hybridized carbons (Fsp3) is 0.391. The number of aromatic amines is 1. The van der Waals surface area contributed by atoms with Crippen LogP contribution in [0.4, 0.5) is 8.78 Å². The van der Waals surface area contributed by atoms with Crippen LogP contribution in [0.5, 0.6) is 5.75 Å². The van der Waals surface area contributed by atoms with Crippen LogP contribution in [0.15, 0.2) is 30.3 Å². The SMILES string of the molecule is COc1ccc2[nH]c3c(c2c1)CCNC31CCN(Cc2c(F)ccc(Cl)c2F)CC1. The number of fused-ring (bicyclic) bond motifs is 4. The summed E-state index contributed by atoms with van der Waals surface area (Å²) in [6.45, 7) is 2.63. The highest BCUT2D eigenvalue weighted by Gasteiger charge is 2.41. The molecule has 1 aromatic heterocycles. The zero-order valence-electron chi connectivity index (χ0n) is 16.8. The number of likely N-dealkylation sites (tertiary alicyclic amines) is 1. The van der Waals surface area contributed by atoms with Gasteiger partial charge in [-0.2, -0.15) is 0 Å². The van der Waals surface area contributed by atoms with Gasteiger partial charge in [0, 0.05) is 48.3 Å². The Balaban J connectivity index is 1.40. The third-order valence-corrected chi connectivity index (χ3v) is 6.95. The lowest BCUT2D eigenvalue weighted by atomic mass is 9.79. The molecule has 30 heavy (non-hydrogen) atoms. The molecular formula is C23H24ClF2N3O. The Morgan fingerprint density at radius 2 is 1.97 bits per heavy atom. The molecule has 2 aliphatic heterocycles. The number of ether oxygens (including phenoxy) is 1. The molecule has 1 fully saturated rings. The van der Waals surface area contributed by atoms with Crippen molar-refractivity contribution in [1.82, 2.24) is 15.2 Å². The van der Waals surface area contributed by atoms with Gasteiger partial charge in [-0.05, 0) is 55.2 Å². The molecule has 0 unspecified atom stereocenters. The van der Waals surface area contributed by atoms with Gasteiger partial charge < -0.3 is 15.0 Å². The molecule has 0 amide bonds.